The van der Waals surface area contributed by atoms with Crippen LogP contribution in [0.2, 0.25) is 0 Å². The van der Waals surface area contributed by atoms with Gasteiger partial charge in [0.2, 0.25) is 5.89 Å². The summed E-state index contributed by atoms with van der Waals surface area (Å²) >= 11 is 0. The average Bonchev–Trinajstić information content (AvgIpc) is 3.06. The van der Waals surface area contributed by atoms with E-state index in [2.05, 4.69) is 10.3 Å². The molecular formula is C17H18N2O4. The third-order valence-corrected chi connectivity index (χ3v) is 4.17. The van der Waals surface area contributed by atoms with Crippen molar-refractivity contribution in [1.29, 1.82) is 0 Å². The smallest absolute Gasteiger partial charge is 0.306 e. The zero-order valence-corrected chi connectivity index (χ0v) is 12.6. The summed E-state index contributed by atoms with van der Waals surface area (Å²) in [4.78, 5) is 27.4. The van der Waals surface area contributed by atoms with E-state index in [4.69, 9.17) is 9.52 Å². The fourth-order valence-corrected chi connectivity index (χ4v) is 2.84. The number of aliphatic carboxylic acids is 1. The first-order valence-electron chi connectivity index (χ1n) is 7.68. The molecule has 0 unspecified atom stereocenters. The highest BCUT2D eigenvalue weighted by Crippen LogP contribution is 2.25. The monoisotopic (exact) mass is 314 g/mol. The Morgan fingerprint density at radius 2 is 1.83 bits per heavy atom. The fourth-order valence-electron chi connectivity index (χ4n) is 2.84. The summed E-state index contributed by atoms with van der Waals surface area (Å²) in [5.41, 5.74) is 1.05. The van der Waals surface area contributed by atoms with Crippen molar-refractivity contribution >= 4 is 11.9 Å². The van der Waals surface area contributed by atoms with Crippen LogP contribution >= 0.6 is 0 Å². The van der Waals surface area contributed by atoms with Crippen molar-refractivity contribution in [2.75, 3.05) is 0 Å². The van der Waals surface area contributed by atoms with Crippen molar-refractivity contribution in [2.45, 2.75) is 31.7 Å². The van der Waals surface area contributed by atoms with Gasteiger partial charge in [0.05, 0.1) is 5.92 Å². The number of nitrogens with one attached hydrogen (secondary N) is 1. The number of oxazole rings is 1. The highest BCUT2D eigenvalue weighted by Gasteiger charge is 2.27. The van der Waals surface area contributed by atoms with E-state index in [0.29, 0.717) is 31.6 Å². The van der Waals surface area contributed by atoms with Gasteiger partial charge in [-0.15, -0.1) is 0 Å². The molecular weight excluding hydrogens is 296 g/mol. The molecule has 1 aliphatic carbocycles. The van der Waals surface area contributed by atoms with Crippen LogP contribution in [0.1, 0.15) is 36.2 Å². The normalized spacial score (nSPS) is 20.9. The van der Waals surface area contributed by atoms with Gasteiger partial charge >= 0.3 is 5.97 Å². The Morgan fingerprint density at radius 3 is 2.48 bits per heavy atom. The molecule has 1 aromatic heterocycles. The fraction of sp³-hybridized carbons (Fsp3) is 0.353. The quantitative estimate of drug-likeness (QED) is 0.905. The van der Waals surface area contributed by atoms with Gasteiger partial charge in [0, 0.05) is 11.6 Å². The summed E-state index contributed by atoms with van der Waals surface area (Å²) in [6, 6.07) is 9.37. The van der Waals surface area contributed by atoms with Crippen molar-refractivity contribution in [3.63, 3.8) is 0 Å². The first-order chi connectivity index (χ1) is 11.1. The maximum absolute atomic E-state index is 12.2. The first-order valence-corrected chi connectivity index (χ1v) is 7.68. The van der Waals surface area contributed by atoms with Gasteiger partial charge in [0.25, 0.3) is 5.91 Å². The molecule has 0 atom stereocenters. The summed E-state index contributed by atoms with van der Waals surface area (Å²) in [6.45, 7) is 0. The number of carboxylic acids is 1. The summed E-state index contributed by atoms with van der Waals surface area (Å²) in [6.07, 6.45) is 3.88. The van der Waals surface area contributed by atoms with Gasteiger partial charge in [-0.05, 0) is 37.8 Å². The van der Waals surface area contributed by atoms with Crippen molar-refractivity contribution in [3.05, 3.63) is 42.3 Å². The van der Waals surface area contributed by atoms with Crippen LogP contribution in [0, 0.1) is 5.92 Å². The van der Waals surface area contributed by atoms with Crippen LogP contribution < -0.4 is 5.32 Å². The van der Waals surface area contributed by atoms with Crippen LogP contribution in [0.5, 0.6) is 0 Å². The second kappa shape index (κ2) is 6.64. The number of hydrogen-bond donors (Lipinski definition) is 2. The van der Waals surface area contributed by atoms with Crippen molar-refractivity contribution in [2.24, 2.45) is 5.92 Å². The molecule has 1 saturated carbocycles. The molecule has 6 heteroatoms. The molecule has 0 aliphatic heterocycles. The summed E-state index contributed by atoms with van der Waals surface area (Å²) in [5, 5.41) is 11.9. The molecule has 23 heavy (non-hydrogen) atoms. The van der Waals surface area contributed by atoms with Crippen molar-refractivity contribution in [1.82, 2.24) is 10.3 Å². The highest BCUT2D eigenvalue weighted by atomic mass is 16.4. The Labute approximate surface area is 133 Å². The van der Waals surface area contributed by atoms with E-state index < -0.39 is 5.97 Å². The SMILES string of the molecule is O=C(NC1CCC(C(=O)O)CC1)c1coc(-c2ccccc2)n1. The molecule has 1 amide bonds. The molecule has 1 aromatic carbocycles. The molecule has 3 rings (SSSR count). The molecule has 0 saturated heterocycles. The third kappa shape index (κ3) is 3.59. The number of nitrogens with zero attached hydrogens (tertiary/aromatic N) is 1. The number of amides is 1. The summed E-state index contributed by atoms with van der Waals surface area (Å²) in [5.74, 6) is -0.918. The second-order valence-corrected chi connectivity index (χ2v) is 5.76. The number of hydrogen-bond acceptors (Lipinski definition) is 4. The van der Waals surface area contributed by atoms with E-state index in [9.17, 15) is 9.59 Å². The van der Waals surface area contributed by atoms with E-state index in [0.717, 1.165) is 5.56 Å². The van der Waals surface area contributed by atoms with E-state index in [1.165, 1.54) is 6.26 Å². The Morgan fingerprint density at radius 1 is 1.13 bits per heavy atom. The first kappa shape index (κ1) is 15.3. The largest absolute Gasteiger partial charge is 0.481 e. The number of aromatic nitrogens is 1. The van der Waals surface area contributed by atoms with Crippen LogP contribution in [0.25, 0.3) is 11.5 Å². The Kier molecular flexibility index (Phi) is 4.41. The summed E-state index contributed by atoms with van der Waals surface area (Å²) in [7, 11) is 0. The number of carbonyl (C=O) groups excluding carboxylic acids is 1. The minimum Gasteiger partial charge on any atom is -0.481 e. The Bertz CT molecular complexity index is 688. The number of benzene rings is 1. The predicted octanol–water partition coefficient (Wildman–Crippen LogP) is 2.71. The lowest BCUT2D eigenvalue weighted by Gasteiger charge is -2.26. The van der Waals surface area contributed by atoms with E-state index in [-0.39, 0.29) is 23.6 Å². The van der Waals surface area contributed by atoms with Gasteiger partial charge < -0.3 is 14.8 Å². The molecule has 1 aliphatic rings. The van der Waals surface area contributed by atoms with Crippen molar-refractivity contribution < 1.29 is 19.1 Å². The van der Waals surface area contributed by atoms with Crippen LogP contribution in [0.4, 0.5) is 0 Å². The lowest BCUT2D eigenvalue weighted by Crippen LogP contribution is -2.38. The van der Waals surface area contributed by atoms with Gasteiger partial charge in [0.15, 0.2) is 5.69 Å². The number of rotatable bonds is 4. The van der Waals surface area contributed by atoms with Crippen LogP contribution in [-0.4, -0.2) is 28.0 Å². The zero-order chi connectivity index (χ0) is 16.2. The Balaban J connectivity index is 1.59. The van der Waals surface area contributed by atoms with E-state index in [1.807, 2.05) is 30.3 Å². The third-order valence-electron chi connectivity index (χ3n) is 4.17. The predicted molar refractivity (Wildman–Crippen MR) is 82.8 cm³/mol. The van der Waals surface area contributed by atoms with Gasteiger partial charge in [-0.25, -0.2) is 4.98 Å². The molecule has 0 spiro atoms. The minimum absolute atomic E-state index is 0.00465. The zero-order valence-electron chi connectivity index (χ0n) is 12.6. The summed E-state index contributed by atoms with van der Waals surface area (Å²) < 4.78 is 5.36. The lowest BCUT2D eigenvalue weighted by molar-refractivity contribution is -0.142. The maximum atomic E-state index is 12.2. The average molecular weight is 314 g/mol. The lowest BCUT2D eigenvalue weighted by atomic mass is 9.86. The minimum atomic E-state index is -0.751. The highest BCUT2D eigenvalue weighted by molar-refractivity contribution is 5.92. The molecule has 1 heterocycles. The van der Waals surface area contributed by atoms with Crippen LogP contribution in [0.3, 0.4) is 0 Å². The number of carboxylic acid groups (broad SMARTS) is 1. The van der Waals surface area contributed by atoms with Gasteiger partial charge in [-0.1, -0.05) is 18.2 Å². The Hall–Kier alpha value is -2.63. The molecule has 120 valence electrons. The van der Waals surface area contributed by atoms with E-state index in [1.54, 1.807) is 0 Å². The molecule has 2 aromatic rings. The van der Waals surface area contributed by atoms with Gasteiger partial charge in [0.1, 0.15) is 6.26 Å². The molecule has 1 fully saturated rings. The van der Waals surface area contributed by atoms with Crippen LogP contribution in [-0.2, 0) is 4.79 Å². The van der Waals surface area contributed by atoms with E-state index >= 15 is 0 Å². The van der Waals surface area contributed by atoms with Gasteiger partial charge in [-0.3, -0.25) is 9.59 Å². The molecule has 0 bridgehead atoms. The molecule has 2 N–H and O–H groups in total. The molecule has 6 nitrogen and oxygen atoms in total. The maximum Gasteiger partial charge on any atom is 0.306 e. The standard InChI is InChI=1S/C17H18N2O4/c20-15(18-13-8-6-12(7-9-13)17(21)22)14-10-23-16(19-14)11-4-2-1-3-5-11/h1-5,10,12-13H,6-9H2,(H,18,20)(H,21,22). The molecule has 0 radical (unpaired) electrons. The second-order valence-electron chi connectivity index (χ2n) is 5.76. The topological polar surface area (TPSA) is 92.4 Å². The van der Waals surface area contributed by atoms with Gasteiger partial charge in [-0.2, -0.15) is 0 Å². The van der Waals surface area contributed by atoms with Crippen LogP contribution in [0.15, 0.2) is 41.0 Å². The van der Waals surface area contributed by atoms with Crippen molar-refractivity contribution in [3.8, 4) is 11.5 Å². The number of carbonyl (C=O) groups is 2.